The summed E-state index contributed by atoms with van der Waals surface area (Å²) in [6, 6.07) is 8.02. The lowest BCUT2D eigenvalue weighted by Crippen LogP contribution is -2.47. The zero-order chi connectivity index (χ0) is 29.1. The number of hydrogen-bond donors (Lipinski definition) is 1. The van der Waals surface area contributed by atoms with Crippen molar-refractivity contribution in [1.82, 2.24) is 9.97 Å². The van der Waals surface area contributed by atoms with E-state index in [2.05, 4.69) is 56.0 Å². The molecule has 1 N–H and O–H groups in total. The van der Waals surface area contributed by atoms with Crippen LogP contribution in [-0.4, -0.2) is 47.9 Å². The molecule has 1 aromatic heterocycles. The lowest BCUT2D eigenvalue weighted by molar-refractivity contribution is -0.143. The van der Waals surface area contributed by atoms with E-state index in [1.54, 1.807) is 11.8 Å². The molecule has 7 nitrogen and oxygen atoms in total. The van der Waals surface area contributed by atoms with Gasteiger partial charge in [-0.25, -0.2) is 9.97 Å². The van der Waals surface area contributed by atoms with Gasteiger partial charge in [0.2, 0.25) is 0 Å². The number of carbonyl (C=O) groups is 2. The quantitative estimate of drug-likeness (QED) is 0.235. The molecule has 1 saturated carbocycles. The average Bonchev–Trinajstić information content (AvgIpc) is 2.86. The monoisotopic (exact) mass is 593 g/mol. The Labute approximate surface area is 243 Å². The number of carbonyl (C=O) groups excluding carboxylic acids is 1. The predicted octanol–water partition coefficient (Wildman–Crippen LogP) is 7.84. The van der Waals surface area contributed by atoms with Crippen LogP contribution in [0.5, 0.6) is 0 Å². The number of rotatable bonds is 9. The number of aromatic nitrogens is 2. The molecule has 1 heterocycles. The van der Waals surface area contributed by atoms with Crippen LogP contribution in [-0.2, 0) is 9.22 Å². The van der Waals surface area contributed by atoms with Gasteiger partial charge in [0.05, 0.1) is 18.6 Å². The molecule has 1 aliphatic carbocycles. The summed E-state index contributed by atoms with van der Waals surface area (Å²) >= 11 is 12.6. The second-order valence-corrected chi connectivity index (χ2v) is 17.7. The number of carboxylic acid groups (broad SMARTS) is 1. The van der Waals surface area contributed by atoms with Gasteiger partial charge in [-0.3, -0.25) is 9.59 Å². The standard InChI is InChI=1S/C29H41Cl2N3O4Si/c1-18(38-39(6,7)29(3,4)5)16-34(27(35)24-25(30)32-17-33-26(24)31)23-14-12-22(13-15-23)21-10-8-20(9-11-21)19(2)28(36)37/h12-15,17-21H,8-11,16H2,1-7H3,(H,36,37)/t18-,19?,20?,21?/m1/s1. The first-order valence-corrected chi connectivity index (χ1v) is 17.3. The highest BCUT2D eigenvalue weighted by molar-refractivity contribution is 6.74. The molecular weight excluding hydrogens is 553 g/mol. The summed E-state index contributed by atoms with van der Waals surface area (Å²) in [4.78, 5) is 34.8. The summed E-state index contributed by atoms with van der Waals surface area (Å²) in [6.07, 6.45) is 4.71. The summed E-state index contributed by atoms with van der Waals surface area (Å²) in [5, 5.41) is 9.40. The molecule has 214 valence electrons. The molecule has 1 unspecified atom stereocenters. The van der Waals surface area contributed by atoms with Crippen LogP contribution < -0.4 is 4.90 Å². The van der Waals surface area contributed by atoms with Crippen LogP contribution in [0.1, 0.15) is 82.1 Å². The van der Waals surface area contributed by atoms with Crippen LogP contribution in [0.25, 0.3) is 0 Å². The minimum Gasteiger partial charge on any atom is -0.481 e. The Kier molecular flexibility index (Phi) is 10.2. The Balaban J connectivity index is 1.85. The van der Waals surface area contributed by atoms with Crippen LogP contribution in [0.3, 0.4) is 0 Å². The molecule has 1 aliphatic rings. The number of benzene rings is 1. The predicted molar refractivity (Wildman–Crippen MR) is 159 cm³/mol. The molecule has 10 heteroatoms. The Morgan fingerprint density at radius 2 is 1.59 bits per heavy atom. The number of halogens is 2. The zero-order valence-electron chi connectivity index (χ0n) is 24.0. The van der Waals surface area contributed by atoms with Gasteiger partial charge in [-0.1, -0.05) is 63.0 Å². The van der Waals surface area contributed by atoms with E-state index in [4.69, 9.17) is 27.6 Å². The van der Waals surface area contributed by atoms with Crippen LogP contribution in [0.4, 0.5) is 5.69 Å². The fraction of sp³-hybridized carbons (Fsp3) is 0.586. The fourth-order valence-corrected chi connectivity index (χ4v) is 6.93. The van der Waals surface area contributed by atoms with Gasteiger partial charge in [0.25, 0.3) is 5.91 Å². The topological polar surface area (TPSA) is 92.6 Å². The Morgan fingerprint density at radius 3 is 2.08 bits per heavy atom. The van der Waals surface area contributed by atoms with Crippen molar-refractivity contribution in [2.24, 2.45) is 11.8 Å². The molecule has 2 atom stereocenters. The van der Waals surface area contributed by atoms with E-state index in [1.165, 1.54) is 11.9 Å². The van der Waals surface area contributed by atoms with Crippen molar-refractivity contribution < 1.29 is 19.1 Å². The first kappa shape index (κ1) is 31.5. The molecule has 0 aliphatic heterocycles. The highest BCUT2D eigenvalue weighted by atomic mass is 35.5. The van der Waals surface area contributed by atoms with Gasteiger partial charge in [0.1, 0.15) is 22.2 Å². The SMILES string of the molecule is CC(C(=O)O)C1CCC(c2ccc(N(C[C@@H](C)O[Si](C)(C)C(C)(C)C)C(=O)c3c(Cl)ncnc3Cl)cc2)CC1. The first-order valence-electron chi connectivity index (χ1n) is 13.6. The van der Waals surface area contributed by atoms with Gasteiger partial charge in [0, 0.05) is 5.69 Å². The summed E-state index contributed by atoms with van der Waals surface area (Å²) in [5.41, 5.74) is 1.96. The van der Waals surface area contributed by atoms with Gasteiger partial charge in [0.15, 0.2) is 8.32 Å². The van der Waals surface area contributed by atoms with Gasteiger partial charge < -0.3 is 14.4 Å². The highest BCUT2D eigenvalue weighted by Crippen LogP contribution is 2.40. The van der Waals surface area contributed by atoms with Crippen LogP contribution in [0, 0.1) is 11.8 Å². The molecule has 39 heavy (non-hydrogen) atoms. The number of hydrogen-bond acceptors (Lipinski definition) is 5. The summed E-state index contributed by atoms with van der Waals surface area (Å²) in [5.74, 6) is -0.830. The second-order valence-electron chi connectivity index (χ2n) is 12.3. The van der Waals surface area contributed by atoms with Crippen LogP contribution >= 0.6 is 23.2 Å². The van der Waals surface area contributed by atoms with Gasteiger partial charge >= 0.3 is 5.97 Å². The number of amides is 1. The third kappa shape index (κ3) is 7.60. The number of nitrogens with zero attached hydrogens (tertiary/aromatic N) is 3. The van der Waals surface area contributed by atoms with Gasteiger partial charge in [-0.2, -0.15) is 0 Å². The third-order valence-electron chi connectivity index (χ3n) is 8.50. The molecule has 3 rings (SSSR count). The summed E-state index contributed by atoms with van der Waals surface area (Å²) < 4.78 is 6.57. The Morgan fingerprint density at radius 1 is 1.05 bits per heavy atom. The van der Waals surface area contributed by atoms with E-state index < -0.39 is 14.3 Å². The maximum absolute atomic E-state index is 13.8. The highest BCUT2D eigenvalue weighted by Gasteiger charge is 2.39. The zero-order valence-corrected chi connectivity index (χ0v) is 26.5. The molecule has 0 radical (unpaired) electrons. The fourth-order valence-electron chi connectivity index (χ4n) is 5.02. The van der Waals surface area contributed by atoms with E-state index in [0.29, 0.717) is 18.2 Å². The Bertz CT molecular complexity index is 1140. The van der Waals surface area contributed by atoms with Crippen molar-refractivity contribution in [2.45, 2.75) is 90.5 Å². The van der Waals surface area contributed by atoms with Crippen molar-refractivity contribution in [3.8, 4) is 0 Å². The summed E-state index contributed by atoms with van der Waals surface area (Å²) in [7, 11) is -2.08. The second kappa shape index (κ2) is 12.7. The largest absolute Gasteiger partial charge is 0.481 e. The van der Waals surface area contributed by atoms with Gasteiger partial charge in [-0.15, -0.1) is 0 Å². The first-order chi connectivity index (χ1) is 18.1. The van der Waals surface area contributed by atoms with E-state index in [9.17, 15) is 14.7 Å². The van der Waals surface area contributed by atoms with E-state index in [-0.39, 0.29) is 44.8 Å². The maximum Gasteiger partial charge on any atom is 0.306 e. The molecular formula is C29H41Cl2N3O4Si. The molecule has 0 saturated heterocycles. The molecule has 1 fully saturated rings. The van der Waals surface area contributed by atoms with Crippen LogP contribution in [0.15, 0.2) is 30.6 Å². The Hall–Kier alpha value is -2.00. The van der Waals surface area contributed by atoms with E-state index in [0.717, 1.165) is 25.7 Å². The lowest BCUT2D eigenvalue weighted by Gasteiger charge is -2.39. The van der Waals surface area contributed by atoms with Gasteiger partial charge in [-0.05, 0) is 80.3 Å². The normalized spacial score (nSPS) is 19.8. The molecule has 0 bridgehead atoms. The van der Waals surface area contributed by atoms with Crippen molar-refractivity contribution in [3.05, 3.63) is 52.0 Å². The van der Waals surface area contributed by atoms with E-state index in [1.807, 2.05) is 19.1 Å². The van der Waals surface area contributed by atoms with Crippen molar-refractivity contribution in [2.75, 3.05) is 11.4 Å². The molecule has 0 spiro atoms. The number of aliphatic carboxylic acids is 1. The third-order valence-corrected chi connectivity index (χ3v) is 13.7. The molecule has 1 aromatic carbocycles. The smallest absolute Gasteiger partial charge is 0.306 e. The molecule has 2 aromatic rings. The van der Waals surface area contributed by atoms with Crippen molar-refractivity contribution >= 4 is 49.1 Å². The average molecular weight is 595 g/mol. The summed E-state index contributed by atoms with van der Waals surface area (Å²) in [6.45, 7) is 15.0. The van der Waals surface area contributed by atoms with Crippen molar-refractivity contribution in [1.29, 1.82) is 0 Å². The lowest BCUT2D eigenvalue weighted by atomic mass is 9.74. The molecule has 1 amide bonds. The van der Waals surface area contributed by atoms with Crippen molar-refractivity contribution in [3.63, 3.8) is 0 Å². The van der Waals surface area contributed by atoms with Crippen LogP contribution in [0.2, 0.25) is 28.4 Å². The minimum absolute atomic E-state index is 0.00642. The maximum atomic E-state index is 13.8. The number of anilines is 1. The number of carboxylic acids is 1. The van der Waals surface area contributed by atoms with E-state index >= 15 is 0 Å². The minimum atomic E-state index is -2.08.